The van der Waals surface area contributed by atoms with E-state index in [1.165, 1.54) is 12.1 Å². The summed E-state index contributed by atoms with van der Waals surface area (Å²) in [4.78, 5) is 10.4. The second kappa shape index (κ2) is 5.52. The minimum atomic E-state index is -3.91. The molecule has 0 spiro atoms. The Kier molecular flexibility index (Phi) is 3.94. The molecule has 0 fully saturated rings. The number of nitrogens with one attached hydrogen (secondary N) is 1. The fourth-order valence-electron chi connectivity index (χ4n) is 1.65. The van der Waals surface area contributed by atoms with Gasteiger partial charge in [-0.15, -0.1) is 0 Å². The lowest BCUT2D eigenvalue weighted by atomic mass is 10.2. The summed E-state index contributed by atoms with van der Waals surface area (Å²) in [7, 11) is -3.91. The molecule has 2 rings (SSSR count). The maximum absolute atomic E-state index is 13.0. The first kappa shape index (κ1) is 15.0. The molecule has 0 bridgehead atoms. The van der Waals surface area contributed by atoms with Gasteiger partial charge in [0.2, 0.25) is 0 Å². The van der Waals surface area contributed by atoms with E-state index < -0.39 is 28.4 Å². The molecule has 0 unspecified atom stereocenters. The number of anilines is 1. The highest BCUT2D eigenvalue weighted by Gasteiger charge is 2.18. The van der Waals surface area contributed by atoms with E-state index in [0.717, 1.165) is 23.1 Å². The Labute approximate surface area is 120 Å². The Morgan fingerprint density at radius 3 is 2.81 bits per heavy atom. The molecule has 1 heterocycles. The number of aliphatic carboxylic acids is 1. The van der Waals surface area contributed by atoms with Crippen LogP contribution in [0.1, 0.15) is 5.56 Å². The van der Waals surface area contributed by atoms with Crippen molar-refractivity contribution in [1.82, 2.24) is 9.78 Å². The summed E-state index contributed by atoms with van der Waals surface area (Å²) in [6, 6.07) is 3.65. The van der Waals surface area contributed by atoms with Crippen molar-refractivity contribution in [2.75, 3.05) is 4.72 Å². The van der Waals surface area contributed by atoms with E-state index in [4.69, 9.17) is 5.11 Å². The van der Waals surface area contributed by atoms with Crippen molar-refractivity contribution in [3.8, 4) is 0 Å². The van der Waals surface area contributed by atoms with E-state index in [2.05, 4.69) is 9.82 Å². The van der Waals surface area contributed by atoms with E-state index in [0.29, 0.717) is 5.56 Å². The van der Waals surface area contributed by atoms with Crippen molar-refractivity contribution in [1.29, 1.82) is 0 Å². The van der Waals surface area contributed by atoms with Crippen LogP contribution < -0.4 is 4.72 Å². The van der Waals surface area contributed by atoms with Gasteiger partial charge in [0.25, 0.3) is 10.0 Å². The van der Waals surface area contributed by atoms with Crippen LogP contribution in [0.2, 0.25) is 0 Å². The SMILES string of the molecule is Cc1cc(F)ccc1NS(=O)(=O)c1cnn(CC(=O)O)c1. The number of aryl methyl sites for hydroxylation is 1. The predicted molar refractivity (Wildman–Crippen MR) is 71.8 cm³/mol. The molecule has 0 amide bonds. The zero-order valence-corrected chi connectivity index (χ0v) is 11.8. The van der Waals surface area contributed by atoms with E-state index >= 15 is 0 Å². The Morgan fingerprint density at radius 2 is 2.19 bits per heavy atom. The first-order chi connectivity index (χ1) is 9.78. The minimum absolute atomic E-state index is 0.174. The molecular formula is C12H12FN3O4S. The Bertz CT molecular complexity index is 786. The third kappa shape index (κ3) is 3.57. The van der Waals surface area contributed by atoms with Crippen LogP contribution >= 0.6 is 0 Å². The number of sulfonamides is 1. The number of hydrogen-bond donors (Lipinski definition) is 2. The summed E-state index contributed by atoms with van der Waals surface area (Å²) in [6.07, 6.45) is 2.15. The number of nitrogens with zero attached hydrogens (tertiary/aromatic N) is 2. The average molecular weight is 313 g/mol. The van der Waals surface area contributed by atoms with E-state index in [-0.39, 0.29) is 10.6 Å². The molecule has 2 aromatic rings. The first-order valence-electron chi connectivity index (χ1n) is 5.81. The van der Waals surface area contributed by atoms with Crippen LogP contribution in [0.3, 0.4) is 0 Å². The van der Waals surface area contributed by atoms with Gasteiger partial charge in [0.1, 0.15) is 17.3 Å². The molecule has 0 radical (unpaired) electrons. The Hall–Kier alpha value is -2.42. The number of rotatable bonds is 5. The summed E-state index contributed by atoms with van der Waals surface area (Å²) in [5.74, 6) is -1.60. The van der Waals surface area contributed by atoms with Crippen LogP contribution in [0.4, 0.5) is 10.1 Å². The minimum Gasteiger partial charge on any atom is -0.480 e. The smallest absolute Gasteiger partial charge is 0.325 e. The van der Waals surface area contributed by atoms with Crippen LogP contribution in [0.25, 0.3) is 0 Å². The molecule has 1 aromatic heterocycles. The van der Waals surface area contributed by atoms with Crippen LogP contribution in [-0.2, 0) is 21.4 Å². The molecule has 0 saturated heterocycles. The van der Waals surface area contributed by atoms with Gasteiger partial charge in [0.15, 0.2) is 0 Å². The van der Waals surface area contributed by atoms with E-state index in [9.17, 15) is 17.6 Å². The first-order valence-corrected chi connectivity index (χ1v) is 7.29. The molecule has 21 heavy (non-hydrogen) atoms. The molecule has 7 nitrogen and oxygen atoms in total. The molecule has 0 aliphatic rings. The Balaban J connectivity index is 2.25. The maximum atomic E-state index is 13.0. The van der Waals surface area contributed by atoms with Crippen LogP contribution in [0, 0.1) is 12.7 Å². The van der Waals surface area contributed by atoms with Crippen LogP contribution in [0.15, 0.2) is 35.5 Å². The molecule has 0 aliphatic carbocycles. The van der Waals surface area contributed by atoms with Gasteiger partial charge in [-0.2, -0.15) is 5.10 Å². The Morgan fingerprint density at radius 1 is 1.48 bits per heavy atom. The van der Waals surface area contributed by atoms with E-state index in [1.807, 2.05) is 0 Å². The highest BCUT2D eigenvalue weighted by molar-refractivity contribution is 7.92. The largest absolute Gasteiger partial charge is 0.480 e. The lowest BCUT2D eigenvalue weighted by Gasteiger charge is -2.09. The summed E-state index contributed by atoms with van der Waals surface area (Å²) in [5.41, 5.74) is 0.666. The average Bonchev–Trinajstić information content (AvgIpc) is 2.81. The highest BCUT2D eigenvalue weighted by atomic mass is 32.2. The van der Waals surface area contributed by atoms with Gasteiger partial charge in [-0.1, -0.05) is 0 Å². The van der Waals surface area contributed by atoms with Gasteiger partial charge in [0, 0.05) is 6.20 Å². The van der Waals surface area contributed by atoms with Crippen LogP contribution in [0.5, 0.6) is 0 Å². The molecule has 0 saturated carbocycles. The zero-order chi connectivity index (χ0) is 15.6. The van der Waals surface area contributed by atoms with Crippen molar-refractivity contribution in [3.63, 3.8) is 0 Å². The van der Waals surface area contributed by atoms with Crippen molar-refractivity contribution >= 4 is 21.7 Å². The van der Waals surface area contributed by atoms with Gasteiger partial charge in [-0.25, -0.2) is 12.8 Å². The molecule has 1 aromatic carbocycles. The highest BCUT2D eigenvalue weighted by Crippen LogP contribution is 2.20. The van der Waals surface area contributed by atoms with Gasteiger partial charge in [0.05, 0.1) is 11.9 Å². The third-order valence-corrected chi connectivity index (χ3v) is 3.97. The molecule has 2 N–H and O–H groups in total. The predicted octanol–water partition coefficient (Wildman–Crippen LogP) is 1.22. The number of carbonyl (C=O) groups is 1. The van der Waals surface area contributed by atoms with Crippen molar-refractivity contribution in [2.45, 2.75) is 18.4 Å². The standard InChI is InChI=1S/C12H12FN3O4S/c1-8-4-9(13)2-3-11(8)15-21(19,20)10-5-14-16(6-10)7-12(17)18/h2-6,15H,7H2,1H3,(H,17,18). The van der Waals surface area contributed by atoms with Gasteiger partial charge in [-0.05, 0) is 30.7 Å². The monoisotopic (exact) mass is 313 g/mol. The topological polar surface area (TPSA) is 101 Å². The normalized spacial score (nSPS) is 11.3. The molecule has 0 aliphatic heterocycles. The van der Waals surface area contributed by atoms with Crippen molar-refractivity contribution in [3.05, 3.63) is 42.0 Å². The maximum Gasteiger partial charge on any atom is 0.325 e. The second-order valence-electron chi connectivity index (χ2n) is 4.33. The number of benzene rings is 1. The summed E-state index contributed by atoms with van der Waals surface area (Å²) in [6.45, 7) is 1.12. The second-order valence-corrected chi connectivity index (χ2v) is 6.01. The lowest BCUT2D eigenvalue weighted by Crippen LogP contribution is -2.13. The molecule has 0 atom stereocenters. The number of hydrogen-bond acceptors (Lipinski definition) is 4. The number of carboxylic acid groups (broad SMARTS) is 1. The zero-order valence-electron chi connectivity index (χ0n) is 10.9. The molecular weight excluding hydrogens is 301 g/mol. The number of halogens is 1. The number of aromatic nitrogens is 2. The molecule has 112 valence electrons. The summed E-state index contributed by atoms with van der Waals surface area (Å²) >= 11 is 0. The van der Waals surface area contributed by atoms with Crippen molar-refractivity contribution in [2.24, 2.45) is 0 Å². The summed E-state index contributed by atoms with van der Waals surface area (Å²) < 4.78 is 40.5. The fraction of sp³-hybridized carbons (Fsp3) is 0.167. The van der Waals surface area contributed by atoms with Crippen LogP contribution in [-0.4, -0.2) is 29.3 Å². The van der Waals surface area contributed by atoms with Gasteiger partial charge >= 0.3 is 5.97 Å². The summed E-state index contributed by atoms with van der Waals surface area (Å²) in [5, 5.41) is 12.3. The third-order valence-electron chi connectivity index (χ3n) is 2.65. The number of carboxylic acids is 1. The van der Waals surface area contributed by atoms with Gasteiger partial charge in [-0.3, -0.25) is 14.2 Å². The quantitative estimate of drug-likeness (QED) is 0.864. The lowest BCUT2D eigenvalue weighted by molar-refractivity contribution is -0.137. The van der Waals surface area contributed by atoms with Gasteiger partial charge < -0.3 is 5.11 Å². The van der Waals surface area contributed by atoms with E-state index in [1.54, 1.807) is 6.92 Å². The molecule has 9 heteroatoms. The van der Waals surface area contributed by atoms with Crippen molar-refractivity contribution < 1.29 is 22.7 Å². The fourth-order valence-corrected chi connectivity index (χ4v) is 2.74.